The zero-order valence-corrected chi connectivity index (χ0v) is 18.4. The van der Waals surface area contributed by atoms with E-state index in [9.17, 15) is 22.7 Å². The molecular weight excluding hydrogens is 456 g/mol. The third kappa shape index (κ3) is 6.88. The summed E-state index contributed by atoms with van der Waals surface area (Å²) in [5.41, 5.74) is 2.55. The molecule has 164 valence electrons. The molecule has 2 atom stereocenters. The lowest BCUT2D eigenvalue weighted by Gasteiger charge is -2.22. The van der Waals surface area contributed by atoms with Gasteiger partial charge in [0.25, 0.3) is 5.91 Å². The molecule has 0 aliphatic heterocycles. The number of carbonyl (C=O) groups excluding carboxylic acids is 1. The number of pyridine rings is 1. The highest BCUT2D eigenvalue weighted by Crippen LogP contribution is 2.24. The average molecular weight is 478 g/mol. The minimum absolute atomic E-state index is 0.00540. The van der Waals surface area contributed by atoms with E-state index in [4.69, 9.17) is 23.2 Å². The lowest BCUT2D eigenvalue weighted by molar-refractivity contribution is -0.121. The summed E-state index contributed by atoms with van der Waals surface area (Å²) in [6.07, 6.45) is 0.319. The van der Waals surface area contributed by atoms with E-state index in [0.717, 1.165) is 11.1 Å². The van der Waals surface area contributed by atoms with Gasteiger partial charge in [-0.2, -0.15) is 0 Å². The van der Waals surface area contributed by atoms with E-state index in [1.165, 1.54) is 0 Å². The summed E-state index contributed by atoms with van der Waals surface area (Å²) in [5, 5.41) is 12.6. The molecule has 0 bridgehead atoms. The van der Waals surface area contributed by atoms with Crippen LogP contribution in [0, 0.1) is 0 Å². The van der Waals surface area contributed by atoms with Crippen molar-refractivity contribution in [2.75, 3.05) is 12.4 Å². The Kier molecular flexibility index (Phi) is 8.99. The van der Waals surface area contributed by atoms with E-state index in [0.29, 0.717) is 11.3 Å². The fraction of sp³-hybridized carbons (Fsp3) is 0.368. The molecule has 0 aliphatic rings. The number of aromatic nitrogens is 1. The number of rotatable bonds is 10. The van der Waals surface area contributed by atoms with Crippen molar-refractivity contribution in [3.63, 3.8) is 0 Å². The Balaban J connectivity index is 2.06. The number of aliphatic hydroxyl groups is 1. The Morgan fingerprint density at radius 2 is 1.80 bits per heavy atom. The number of amides is 1. The van der Waals surface area contributed by atoms with Crippen LogP contribution >= 0.6 is 23.2 Å². The number of benzene rings is 1. The van der Waals surface area contributed by atoms with Crippen molar-refractivity contribution in [2.24, 2.45) is 0 Å². The molecule has 2 rings (SSSR count). The topological polar surface area (TPSA) is 108 Å². The molecule has 2 aromatic rings. The average Bonchev–Trinajstić information content (AvgIpc) is 2.76. The van der Waals surface area contributed by atoms with Gasteiger partial charge in [-0.05, 0) is 24.1 Å². The van der Waals surface area contributed by atoms with E-state index in [2.05, 4.69) is 15.0 Å². The molecule has 7 nitrogen and oxygen atoms in total. The Morgan fingerprint density at radius 1 is 1.17 bits per heavy atom. The zero-order valence-electron chi connectivity index (χ0n) is 16.1. The smallest absolute Gasteiger partial charge is 0.253 e. The number of hydrogen-bond acceptors (Lipinski definition) is 5. The molecule has 11 heteroatoms. The van der Waals surface area contributed by atoms with Crippen LogP contribution in [-0.2, 0) is 21.4 Å². The van der Waals surface area contributed by atoms with Crippen LogP contribution in [0.5, 0.6) is 0 Å². The maximum Gasteiger partial charge on any atom is 0.253 e. The Labute approximate surface area is 184 Å². The minimum Gasteiger partial charge on any atom is -0.386 e. The first-order valence-corrected chi connectivity index (χ1v) is 11.5. The third-order valence-corrected chi connectivity index (χ3v) is 6.08. The maximum atomic E-state index is 13.2. The van der Waals surface area contributed by atoms with Crippen LogP contribution in [0.4, 0.5) is 4.39 Å². The van der Waals surface area contributed by atoms with Gasteiger partial charge in [-0.3, -0.25) is 9.78 Å². The van der Waals surface area contributed by atoms with Crippen LogP contribution < -0.4 is 10.0 Å². The highest BCUT2D eigenvalue weighted by atomic mass is 35.5. The normalized spacial score (nSPS) is 13.8. The van der Waals surface area contributed by atoms with Crippen LogP contribution in [-0.4, -0.2) is 47.7 Å². The lowest BCUT2D eigenvalue weighted by atomic mass is 9.99. The molecular formula is C19H22Cl2FN3O4S. The minimum atomic E-state index is -3.30. The molecule has 1 aromatic heterocycles. The SMILES string of the molecule is CCS(=O)(=O)NCc1ccc(-c2ccc([C@H](O)[C@@H](CF)NC(=O)C(Cl)Cl)cc2)cn1. The molecule has 0 spiro atoms. The summed E-state index contributed by atoms with van der Waals surface area (Å²) >= 11 is 10.9. The monoisotopic (exact) mass is 477 g/mol. The number of sulfonamides is 1. The number of alkyl halides is 3. The van der Waals surface area contributed by atoms with Gasteiger partial charge in [0.2, 0.25) is 10.0 Å². The van der Waals surface area contributed by atoms with Crippen molar-refractivity contribution in [3.05, 3.63) is 53.9 Å². The number of hydrogen-bond donors (Lipinski definition) is 3. The van der Waals surface area contributed by atoms with Crippen molar-refractivity contribution in [1.29, 1.82) is 0 Å². The van der Waals surface area contributed by atoms with E-state index < -0.39 is 39.6 Å². The zero-order chi connectivity index (χ0) is 22.3. The van der Waals surface area contributed by atoms with E-state index in [1.54, 1.807) is 49.5 Å². The molecule has 0 aliphatic carbocycles. The molecule has 0 saturated carbocycles. The first kappa shape index (κ1) is 24.5. The molecule has 0 unspecified atom stereocenters. The molecule has 1 aromatic carbocycles. The summed E-state index contributed by atoms with van der Waals surface area (Å²) in [4.78, 5) is 14.4. The van der Waals surface area contributed by atoms with Gasteiger partial charge in [-0.25, -0.2) is 17.5 Å². The van der Waals surface area contributed by atoms with Gasteiger partial charge in [0.1, 0.15) is 12.8 Å². The van der Waals surface area contributed by atoms with Gasteiger partial charge in [0.15, 0.2) is 4.84 Å². The van der Waals surface area contributed by atoms with Gasteiger partial charge in [0, 0.05) is 11.8 Å². The van der Waals surface area contributed by atoms with Crippen LogP contribution in [0.15, 0.2) is 42.6 Å². The Morgan fingerprint density at radius 3 is 2.30 bits per heavy atom. The number of aliphatic hydroxyl groups excluding tert-OH is 1. The molecule has 0 fully saturated rings. The second-order valence-corrected chi connectivity index (χ2v) is 9.59. The van der Waals surface area contributed by atoms with Gasteiger partial charge < -0.3 is 10.4 Å². The van der Waals surface area contributed by atoms with E-state index >= 15 is 0 Å². The summed E-state index contributed by atoms with van der Waals surface area (Å²) < 4.78 is 38.7. The van der Waals surface area contributed by atoms with Crippen molar-refractivity contribution < 1.29 is 22.7 Å². The van der Waals surface area contributed by atoms with Crippen molar-refractivity contribution in [1.82, 2.24) is 15.0 Å². The van der Waals surface area contributed by atoms with E-state index in [1.807, 2.05) is 0 Å². The second-order valence-electron chi connectivity index (χ2n) is 6.40. The van der Waals surface area contributed by atoms with Crippen molar-refractivity contribution >= 4 is 39.1 Å². The highest BCUT2D eigenvalue weighted by molar-refractivity contribution is 7.89. The van der Waals surface area contributed by atoms with Crippen LogP contribution in [0.1, 0.15) is 24.3 Å². The predicted octanol–water partition coefficient (Wildman–Crippen LogP) is 2.48. The number of carbonyl (C=O) groups is 1. The largest absolute Gasteiger partial charge is 0.386 e. The highest BCUT2D eigenvalue weighted by Gasteiger charge is 2.25. The lowest BCUT2D eigenvalue weighted by Crippen LogP contribution is -2.43. The summed E-state index contributed by atoms with van der Waals surface area (Å²) in [6.45, 7) is 0.654. The quantitative estimate of drug-likeness (QED) is 0.455. The van der Waals surface area contributed by atoms with Crippen LogP contribution in [0.25, 0.3) is 11.1 Å². The van der Waals surface area contributed by atoms with Gasteiger partial charge >= 0.3 is 0 Å². The molecule has 1 heterocycles. The number of nitrogens with zero attached hydrogens (tertiary/aromatic N) is 1. The number of nitrogens with one attached hydrogen (secondary N) is 2. The van der Waals surface area contributed by atoms with Crippen LogP contribution in [0.2, 0.25) is 0 Å². The second kappa shape index (κ2) is 11.0. The summed E-state index contributed by atoms with van der Waals surface area (Å²) in [7, 11) is -3.30. The molecule has 3 N–H and O–H groups in total. The number of halogens is 3. The van der Waals surface area contributed by atoms with Crippen molar-refractivity contribution in [3.8, 4) is 11.1 Å². The third-order valence-electron chi connectivity index (χ3n) is 4.34. The fourth-order valence-electron chi connectivity index (χ4n) is 2.54. The Bertz CT molecular complexity index is 941. The molecule has 1 amide bonds. The molecule has 0 saturated heterocycles. The van der Waals surface area contributed by atoms with Crippen molar-refractivity contribution in [2.45, 2.75) is 30.5 Å². The first-order valence-electron chi connectivity index (χ1n) is 9.02. The predicted molar refractivity (Wildman–Crippen MR) is 114 cm³/mol. The maximum absolute atomic E-state index is 13.2. The van der Waals surface area contributed by atoms with Gasteiger partial charge in [0.05, 0.1) is 24.0 Å². The van der Waals surface area contributed by atoms with Gasteiger partial charge in [-0.15, -0.1) is 0 Å². The summed E-state index contributed by atoms with van der Waals surface area (Å²) in [5.74, 6) is -0.793. The molecule has 30 heavy (non-hydrogen) atoms. The Hall–Kier alpha value is -1.78. The summed E-state index contributed by atoms with van der Waals surface area (Å²) in [6, 6.07) is 8.97. The standard InChI is InChI=1S/C19H22Cl2FN3O4S/c1-2-30(28,29)24-11-15-8-7-14(10-23-15)12-3-5-13(6-4-12)17(26)16(9-22)25-19(27)18(20)21/h3-8,10,16-18,24,26H,2,9,11H2,1H3,(H,25,27)/t16-,17+/m1/s1. The molecule has 0 radical (unpaired) electrons. The fourth-order valence-corrected chi connectivity index (χ4v) is 3.24. The first-order chi connectivity index (χ1) is 14.2. The van der Waals surface area contributed by atoms with E-state index in [-0.39, 0.29) is 12.3 Å². The van der Waals surface area contributed by atoms with Crippen LogP contribution in [0.3, 0.4) is 0 Å². The van der Waals surface area contributed by atoms with Gasteiger partial charge in [-0.1, -0.05) is 53.5 Å².